The maximum Gasteiger partial charge on any atom is 0.354 e. The fourth-order valence-electron chi connectivity index (χ4n) is 2.14. The van der Waals surface area contributed by atoms with Crippen molar-refractivity contribution in [3.63, 3.8) is 0 Å². The average molecular weight is 267 g/mol. The van der Waals surface area contributed by atoms with Crippen LogP contribution < -0.4 is 0 Å². The fraction of sp³-hybridized carbons (Fsp3) is 0.133. The van der Waals surface area contributed by atoms with Gasteiger partial charge in [0.1, 0.15) is 0 Å². The van der Waals surface area contributed by atoms with Gasteiger partial charge in [-0.05, 0) is 19.9 Å². The van der Waals surface area contributed by atoms with E-state index in [-0.39, 0.29) is 5.69 Å². The monoisotopic (exact) mass is 267 g/mol. The number of rotatable bonds is 2. The summed E-state index contributed by atoms with van der Waals surface area (Å²) in [6.07, 6.45) is 0. The average Bonchev–Trinajstić information content (AvgIpc) is 2.74. The topological polar surface area (TPSA) is 67.5 Å². The molecule has 20 heavy (non-hydrogen) atoms. The van der Waals surface area contributed by atoms with Crippen molar-refractivity contribution in [3.05, 3.63) is 53.3 Å². The Hall–Kier alpha value is -2.69. The molecule has 0 spiro atoms. The minimum atomic E-state index is -1.02. The predicted molar refractivity (Wildman–Crippen MR) is 74.9 cm³/mol. The highest BCUT2D eigenvalue weighted by Crippen LogP contribution is 2.22. The minimum absolute atomic E-state index is 0.116. The van der Waals surface area contributed by atoms with Gasteiger partial charge in [0.05, 0.1) is 11.4 Å². The van der Waals surface area contributed by atoms with Gasteiger partial charge in [-0.25, -0.2) is 14.3 Å². The van der Waals surface area contributed by atoms with Crippen LogP contribution in [0, 0.1) is 13.8 Å². The second-order valence-electron chi connectivity index (χ2n) is 4.64. The van der Waals surface area contributed by atoms with Crippen molar-refractivity contribution in [2.24, 2.45) is 0 Å². The van der Waals surface area contributed by atoms with E-state index in [0.717, 1.165) is 16.8 Å². The van der Waals surface area contributed by atoms with Crippen LogP contribution in [0.15, 0.2) is 36.4 Å². The number of fused-ring (bicyclic) bond motifs is 1. The third-order valence-electron chi connectivity index (χ3n) is 3.35. The van der Waals surface area contributed by atoms with Crippen LogP contribution in [0.1, 0.15) is 21.7 Å². The molecule has 5 nitrogen and oxygen atoms in total. The number of carboxylic acid groups (broad SMARTS) is 1. The molecule has 0 bridgehead atoms. The molecule has 100 valence electrons. The number of aromatic nitrogens is 3. The molecule has 0 fully saturated rings. The standard InChI is InChI=1S/C15H13N3O2/c1-9-10(2)17-18-13(15(19)20)8-12(16-14(9)18)11-6-4-3-5-7-11/h3-8H,1-2H3,(H,19,20). The van der Waals surface area contributed by atoms with Crippen LogP contribution in [-0.4, -0.2) is 25.7 Å². The molecule has 0 aliphatic heterocycles. The molecule has 0 atom stereocenters. The van der Waals surface area contributed by atoms with E-state index in [1.54, 1.807) is 6.07 Å². The molecular weight excluding hydrogens is 254 g/mol. The number of carboxylic acids is 1. The highest BCUT2D eigenvalue weighted by atomic mass is 16.4. The van der Waals surface area contributed by atoms with Crippen molar-refractivity contribution in [1.29, 1.82) is 0 Å². The van der Waals surface area contributed by atoms with Gasteiger partial charge in [0, 0.05) is 11.1 Å². The molecule has 1 N–H and O–H groups in total. The summed E-state index contributed by atoms with van der Waals surface area (Å²) in [5, 5.41) is 13.6. The molecule has 3 rings (SSSR count). The Balaban J connectivity index is 2.36. The van der Waals surface area contributed by atoms with Gasteiger partial charge >= 0.3 is 5.97 Å². The normalized spacial score (nSPS) is 10.9. The van der Waals surface area contributed by atoms with Crippen LogP contribution in [0.2, 0.25) is 0 Å². The van der Waals surface area contributed by atoms with Crippen LogP contribution in [0.3, 0.4) is 0 Å². The smallest absolute Gasteiger partial charge is 0.354 e. The first kappa shape index (κ1) is 12.3. The van der Waals surface area contributed by atoms with E-state index in [0.29, 0.717) is 11.3 Å². The van der Waals surface area contributed by atoms with Crippen molar-refractivity contribution < 1.29 is 9.90 Å². The maximum absolute atomic E-state index is 11.4. The minimum Gasteiger partial charge on any atom is -0.477 e. The van der Waals surface area contributed by atoms with Crippen LogP contribution in [0.4, 0.5) is 0 Å². The Kier molecular flexibility index (Phi) is 2.75. The van der Waals surface area contributed by atoms with Gasteiger partial charge in [-0.2, -0.15) is 5.10 Å². The van der Waals surface area contributed by atoms with E-state index in [1.807, 2.05) is 44.2 Å². The number of hydrogen-bond donors (Lipinski definition) is 1. The molecule has 1 aromatic carbocycles. The molecule has 5 heteroatoms. The summed E-state index contributed by atoms with van der Waals surface area (Å²) in [7, 11) is 0. The van der Waals surface area contributed by atoms with Gasteiger partial charge in [0.2, 0.25) is 0 Å². The molecule has 0 unspecified atom stereocenters. The molecule has 0 saturated heterocycles. The van der Waals surface area contributed by atoms with Gasteiger partial charge in [-0.15, -0.1) is 0 Å². The summed E-state index contributed by atoms with van der Waals surface area (Å²) in [5.74, 6) is -1.02. The first-order chi connectivity index (χ1) is 9.58. The van der Waals surface area contributed by atoms with E-state index in [1.165, 1.54) is 4.52 Å². The lowest BCUT2D eigenvalue weighted by Gasteiger charge is -2.05. The van der Waals surface area contributed by atoms with Crippen molar-refractivity contribution in [3.8, 4) is 11.3 Å². The van der Waals surface area contributed by atoms with Gasteiger partial charge in [-0.1, -0.05) is 30.3 Å². The predicted octanol–water partition coefficient (Wildman–Crippen LogP) is 2.71. The van der Waals surface area contributed by atoms with Crippen LogP contribution in [-0.2, 0) is 0 Å². The number of benzene rings is 1. The van der Waals surface area contributed by atoms with Gasteiger partial charge in [0.15, 0.2) is 11.3 Å². The first-order valence-corrected chi connectivity index (χ1v) is 6.23. The third kappa shape index (κ3) is 1.84. The molecule has 0 radical (unpaired) electrons. The van der Waals surface area contributed by atoms with Gasteiger partial charge in [-0.3, -0.25) is 0 Å². The number of aryl methyl sites for hydroxylation is 2. The summed E-state index contributed by atoms with van der Waals surface area (Å²) in [6.45, 7) is 3.74. The molecule has 2 heterocycles. The van der Waals surface area contributed by atoms with E-state index in [2.05, 4.69) is 10.1 Å². The summed E-state index contributed by atoms with van der Waals surface area (Å²) < 4.78 is 1.39. The van der Waals surface area contributed by atoms with Crippen molar-refractivity contribution in [2.45, 2.75) is 13.8 Å². The largest absolute Gasteiger partial charge is 0.477 e. The molecule has 0 amide bonds. The molecular formula is C15H13N3O2. The van der Waals surface area contributed by atoms with Gasteiger partial charge in [0.25, 0.3) is 0 Å². The molecule has 2 aromatic heterocycles. The Morgan fingerprint density at radius 3 is 2.55 bits per heavy atom. The zero-order chi connectivity index (χ0) is 14.3. The lowest BCUT2D eigenvalue weighted by Crippen LogP contribution is -2.08. The van der Waals surface area contributed by atoms with Crippen LogP contribution >= 0.6 is 0 Å². The molecule has 0 aliphatic rings. The highest BCUT2D eigenvalue weighted by Gasteiger charge is 2.16. The first-order valence-electron chi connectivity index (χ1n) is 6.23. The quantitative estimate of drug-likeness (QED) is 0.775. The molecule has 0 aliphatic carbocycles. The Labute approximate surface area is 115 Å². The number of nitrogens with zero attached hydrogens (tertiary/aromatic N) is 3. The summed E-state index contributed by atoms with van der Waals surface area (Å²) >= 11 is 0. The van der Waals surface area contributed by atoms with Crippen molar-refractivity contribution >= 4 is 11.6 Å². The Morgan fingerprint density at radius 2 is 1.90 bits per heavy atom. The summed E-state index contributed by atoms with van der Waals surface area (Å²) in [6, 6.07) is 11.1. The van der Waals surface area contributed by atoms with Gasteiger partial charge < -0.3 is 5.11 Å². The maximum atomic E-state index is 11.4. The zero-order valence-electron chi connectivity index (χ0n) is 11.2. The number of aromatic carboxylic acids is 1. The Morgan fingerprint density at radius 1 is 1.20 bits per heavy atom. The lowest BCUT2D eigenvalue weighted by atomic mass is 10.1. The summed E-state index contributed by atoms with van der Waals surface area (Å²) in [4.78, 5) is 16.0. The highest BCUT2D eigenvalue weighted by molar-refractivity contribution is 5.88. The SMILES string of the molecule is Cc1nn2c(C(=O)O)cc(-c3ccccc3)nc2c1C. The second kappa shape index (κ2) is 4.45. The van der Waals surface area contributed by atoms with E-state index in [9.17, 15) is 9.90 Å². The fourth-order valence-corrected chi connectivity index (χ4v) is 2.14. The van der Waals surface area contributed by atoms with Crippen LogP contribution in [0.25, 0.3) is 16.9 Å². The van der Waals surface area contributed by atoms with Crippen LogP contribution in [0.5, 0.6) is 0 Å². The zero-order valence-corrected chi connectivity index (χ0v) is 11.2. The molecule has 3 aromatic rings. The Bertz CT molecular complexity index is 807. The van der Waals surface area contributed by atoms with E-state index in [4.69, 9.17) is 0 Å². The van der Waals surface area contributed by atoms with E-state index < -0.39 is 5.97 Å². The second-order valence-corrected chi connectivity index (χ2v) is 4.64. The summed E-state index contributed by atoms with van der Waals surface area (Å²) in [5.41, 5.74) is 3.90. The number of hydrogen-bond acceptors (Lipinski definition) is 3. The number of carbonyl (C=O) groups is 1. The molecule has 0 saturated carbocycles. The van der Waals surface area contributed by atoms with Crippen molar-refractivity contribution in [2.75, 3.05) is 0 Å². The lowest BCUT2D eigenvalue weighted by molar-refractivity contribution is 0.0687. The van der Waals surface area contributed by atoms with Crippen molar-refractivity contribution in [1.82, 2.24) is 14.6 Å². The van der Waals surface area contributed by atoms with E-state index >= 15 is 0 Å². The third-order valence-corrected chi connectivity index (χ3v) is 3.35.